The Labute approximate surface area is 139 Å². The molecule has 1 aliphatic carbocycles. The van der Waals surface area contributed by atoms with Gasteiger partial charge in [-0.15, -0.1) is 0 Å². The summed E-state index contributed by atoms with van der Waals surface area (Å²) >= 11 is 0. The first-order valence-corrected chi connectivity index (χ1v) is 9.39. The fraction of sp³-hybridized carbons (Fsp3) is 0.600. The molecule has 1 N–H and O–H groups in total. The number of nitrogens with one attached hydrogen (secondary N) is 1. The third-order valence-corrected chi connectivity index (χ3v) is 5.91. The van der Waals surface area contributed by atoms with Gasteiger partial charge in [0.15, 0.2) is 0 Å². The van der Waals surface area contributed by atoms with Gasteiger partial charge in [0.05, 0.1) is 0 Å². The van der Waals surface area contributed by atoms with Gasteiger partial charge in [0.2, 0.25) is 0 Å². The average Bonchev–Trinajstić information content (AvgIpc) is 3.01. The molecule has 0 spiro atoms. The second-order valence-electron chi connectivity index (χ2n) is 7.19. The Morgan fingerprint density at radius 1 is 1.13 bits per heavy atom. The highest BCUT2D eigenvalue weighted by Crippen LogP contribution is 2.39. The molecule has 124 valence electrons. The van der Waals surface area contributed by atoms with E-state index in [0.29, 0.717) is 0 Å². The van der Waals surface area contributed by atoms with Gasteiger partial charge in [-0.1, -0.05) is 24.6 Å². The van der Waals surface area contributed by atoms with Crippen LogP contribution in [0.15, 0.2) is 30.5 Å². The molecule has 1 aromatic carbocycles. The predicted molar refractivity (Wildman–Crippen MR) is 97.1 cm³/mol. The zero-order chi connectivity index (χ0) is 15.6. The van der Waals surface area contributed by atoms with Gasteiger partial charge in [-0.05, 0) is 43.7 Å². The van der Waals surface area contributed by atoms with Crippen LogP contribution in [0.1, 0.15) is 44.1 Å². The Bertz CT molecular complexity index is 654. The van der Waals surface area contributed by atoms with Crippen LogP contribution >= 0.6 is 0 Å². The van der Waals surface area contributed by atoms with Crippen molar-refractivity contribution in [2.45, 2.75) is 51.1 Å². The zero-order valence-electron chi connectivity index (χ0n) is 14.3. The van der Waals surface area contributed by atoms with E-state index in [1.54, 1.807) is 5.56 Å². The lowest BCUT2D eigenvalue weighted by molar-refractivity contribution is 0.131. The standard InChI is InChI=1S/C20H29N3/c1-2-22-15-19(18-8-3-4-9-20(18)22)16-6-5-7-17(14-16)23-12-10-21-11-13-23/h3-4,8-9,15-17,21H,2,5-7,10-14H2,1H3. The second-order valence-corrected chi connectivity index (χ2v) is 7.19. The molecule has 3 heteroatoms. The summed E-state index contributed by atoms with van der Waals surface area (Å²) in [5, 5.41) is 4.97. The van der Waals surface area contributed by atoms with Crippen LogP contribution in [0.4, 0.5) is 0 Å². The van der Waals surface area contributed by atoms with E-state index in [-0.39, 0.29) is 0 Å². The molecule has 1 saturated heterocycles. The lowest BCUT2D eigenvalue weighted by atomic mass is 9.80. The maximum Gasteiger partial charge on any atom is 0.0483 e. The molecule has 1 aromatic heterocycles. The summed E-state index contributed by atoms with van der Waals surface area (Å²) in [4.78, 5) is 2.74. The van der Waals surface area contributed by atoms with Crippen LogP contribution in [0.3, 0.4) is 0 Å². The van der Waals surface area contributed by atoms with Gasteiger partial charge in [-0.3, -0.25) is 4.90 Å². The van der Waals surface area contributed by atoms with Gasteiger partial charge < -0.3 is 9.88 Å². The topological polar surface area (TPSA) is 20.2 Å². The fourth-order valence-electron chi connectivity index (χ4n) is 4.69. The monoisotopic (exact) mass is 311 g/mol. The largest absolute Gasteiger partial charge is 0.347 e. The number of benzene rings is 1. The molecule has 0 radical (unpaired) electrons. The van der Waals surface area contributed by atoms with E-state index >= 15 is 0 Å². The van der Waals surface area contributed by atoms with E-state index < -0.39 is 0 Å². The number of rotatable bonds is 3. The maximum atomic E-state index is 3.49. The molecule has 2 heterocycles. The van der Waals surface area contributed by atoms with Crippen molar-refractivity contribution in [3.8, 4) is 0 Å². The van der Waals surface area contributed by atoms with Crippen molar-refractivity contribution in [2.75, 3.05) is 26.2 Å². The smallest absolute Gasteiger partial charge is 0.0483 e. The van der Waals surface area contributed by atoms with Gasteiger partial charge in [0, 0.05) is 55.9 Å². The average molecular weight is 311 g/mol. The lowest BCUT2D eigenvalue weighted by Gasteiger charge is -2.39. The first-order chi connectivity index (χ1) is 11.4. The first kappa shape index (κ1) is 15.2. The van der Waals surface area contributed by atoms with Crippen molar-refractivity contribution >= 4 is 10.9 Å². The molecule has 1 aliphatic heterocycles. The molecule has 2 fully saturated rings. The van der Waals surface area contributed by atoms with Gasteiger partial charge in [-0.25, -0.2) is 0 Å². The van der Waals surface area contributed by atoms with Gasteiger partial charge in [0.25, 0.3) is 0 Å². The molecular weight excluding hydrogens is 282 g/mol. The normalized spacial score (nSPS) is 26.7. The number of hydrogen-bond acceptors (Lipinski definition) is 2. The van der Waals surface area contributed by atoms with Crippen molar-refractivity contribution in [3.63, 3.8) is 0 Å². The summed E-state index contributed by atoms with van der Waals surface area (Å²) in [5.74, 6) is 0.737. The van der Waals surface area contributed by atoms with Crippen molar-refractivity contribution in [3.05, 3.63) is 36.0 Å². The zero-order valence-corrected chi connectivity index (χ0v) is 14.3. The highest BCUT2D eigenvalue weighted by Gasteiger charge is 2.29. The van der Waals surface area contributed by atoms with E-state index in [1.165, 1.54) is 49.7 Å². The minimum Gasteiger partial charge on any atom is -0.347 e. The number of nitrogens with zero attached hydrogens (tertiary/aromatic N) is 2. The minimum atomic E-state index is 0.737. The Hall–Kier alpha value is -1.32. The van der Waals surface area contributed by atoms with E-state index in [4.69, 9.17) is 0 Å². The summed E-state index contributed by atoms with van der Waals surface area (Å²) in [6.07, 6.45) is 7.92. The number of hydrogen-bond donors (Lipinski definition) is 1. The third kappa shape index (κ3) is 2.92. The number of para-hydroxylation sites is 1. The molecular formula is C20H29N3. The van der Waals surface area contributed by atoms with Crippen LogP contribution in [-0.4, -0.2) is 41.7 Å². The molecule has 0 amide bonds. The van der Waals surface area contributed by atoms with E-state index in [9.17, 15) is 0 Å². The lowest BCUT2D eigenvalue weighted by Crippen LogP contribution is -2.49. The Morgan fingerprint density at radius 2 is 1.96 bits per heavy atom. The molecule has 2 aromatic rings. The van der Waals surface area contributed by atoms with Crippen LogP contribution in [0.25, 0.3) is 10.9 Å². The van der Waals surface area contributed by atoms with Crippen LogP contribution in [0.2, 0.25) is 0 Å². The Balaban J connectivity index is 1.60. The number of aryl methyl sites for hydroxylation is 1. The molecule has 1 saturated carbocycles. The molecule has 2 aliphatic rings. The van der Waals surface area contributed by atoms with Crippen molar-refractivity contribution in [1.29, 1.82) is 0 Å². The van der Waals surface area contributed by atoms with Gasteiger partial charge in [-0.2, -0.15) is 0 Å². The number of fused-ring (bicyclic) bond motifs is 1. The van der Waals surface area contributed by atoms with Crippen LogP contribution in [-0.2, 0) is 6.54 Å². The highest BCUT2D eigenvalue weighted by molar-refractivity contribution is 5.84. The van der Waals surface area contributed by atoms with Crippen molar-refractivity contribution < 1.29 is 0 Å². The van der Waals surface area contributed by atoms with Crippen molar-refractivity contribution in [2.24, 2.45) is 0 Å². The van der Waals surface area contributed by atoms with Crippen LogP contribution in [0.5, 0.6) is 0 Å². The van der Waals surface area contributed by atoms with Gasteiger partial charge in [0.1, 0.15) is 0 Å². The summed E-state index contributed by atoms with van der Waals surface area (Å²) < 4.78 is 2.43. The highest BCUT2D eigenvalue weighted by atomic mass is 15.2. The van der Waals surface area contributed by atoms with E-state index in [0.717, 1.165) is 31.6 Å². The van der Waals surface area contributed by atoms with E-state index in [1.807, 2.05) is 0 Å². The Kier molecular flexibility index (Phi) is 4.41. The summed E-state index contributed by atoms with van der Waals surface area (Å²) in [7, 11) is 0. The van der Waals surface area contributed by atoms with Crippen molar-refractivity contribution in [1.82, 2.24) is 14.8 Å². The second kappa shape index (κ2) is 6.66. The summed E-state index contributed by atoms with van der Waals surface area (Å²) in [6.45, 7) is 8.10. The van der Waals surface area contributed by atoms with Crippen LogP contribution in [0, 0.1) is 0 Å². The summed E-state index contributed by atoms with van der Waals surface area (Å²) in [6, 6.07) is 9.76. The SMILES string of the molecule is CCn1cc(C2CCCC(N3CCNCC3)C2)c2ccccc21. The molecule has 3 nitrogen and oxygen atoms in total. The third-order valence-electron chi connectivity index (χ3n) is 5.91. The fourth-order valence-corrected chi connectivity index (χ4v) is 4.69. The molecule has 23 heavy (non-hydrogen) atoms. The molecule has 2 unspecified atom stereocenters. The number of piperazine rings is 1. The first-order valence-electron chi connectivity index (χ1n) is 9.39. The van der Waals surface area contributed by atoms with Crippen LogP contribution < -0.4 is 5.32 Å². The maximum absolute atomic E-state index is 3.49. The quantitative estimate of drug-likeness (QED) is 0.935. The number of aromatic nitrogens is 1. The van der Waals surface area contributed by atoms with Gasteiger partial charge >= 0.3 is 0 Å². The molecule has 0 bridgehead atoms. The minimum absolute atomic E-state index is 0.737. The predicted octanol–water partition coefficient (Wildman–Crippen LogP) is 3.59. The molecule has 2 atom stereocenters. The van der Waals surface area contributed by atoms with E-state index in [2.05, 4.69) is 52.2 Å². The summed E-state index contributed by atoms with van der Waals surface area (Å²) in [5.41, 5.74) is 3.01. The Morgan fingerprint density at radius 3 is 2.78 bits per heavy atom. The molecule has 4 rings (SSSR count).